The van der Waals surface area contributed by atoms with Gasteiger partial charge >= 0.3 is 0 Å². The largest absolute Gasteiger partial charge is 0.493 e. The zero-order valence-corrected chi connectivity index (χ0v) is 14.2. The summed E-state index contributed by atoms with van der Waals surface area (Å²) in [5.74, 6) is 1.43. The first-order valence-corrected chi connectivity index (χ1v) is 8.11. The number of aromatic nitrogens is 2. The lowest BCUT2D eigenvalue weighted by molar-refractivity contribution is 0.355. The van der Waals surface area contributed by atoms with Gasteiger partial charge in [-0.25, -0.2) is 4.98 Å². The quantitative estimate of drug-likeness (QED) is 0.707. The first-order chi connectivity index (χ1) is 11.2. The van der Waals surface area contributed by atoms with Gasteiger partial charge in [0.15, 0.2) is 11.5 Å². The van der Waals surface area contributed by atoms with Gasteiger partial charge in [0.25, 0.3) is 0 Å². The van der Waals surface area contributed by atoms with E-state index in [-0.39, 0.29) is 0 Å². The highest BCUT2D eigenvalue weighted by molar-refractivity contribution is 7.12. The van der Waals surface area contributed by atoms with Crippen molar-refractivity contribution in [1.29, 1.82) is 0 Å². The Kier molecular flexibility index (Phi) is 4.57. The smallest absolute Gasteiger partial charge is 0.161 e. The molecular weight excluding hydrogens is 308 g/mol. The Balaban J connectivity index is 1.92. The molecule has 0 atom stereocenters. The lowest BCUT2D eigenvalue weighted by atomic mass is 10.1. The number of pyridine rings is 1. The highest BCUT2D eigenvalue weighted by Crippen LogP contribution is 2.35. The van der Waals surface area contributed by atoms with E-state index in [0.717, 1.165) is 34.1 Å². The van der Waals surface area contributed by atoms with E-state index in [2.05, 4.69) is 11.9 Å². The van der Waals surface area contributed by atoms with Gasteiger partial charge in [-0.15, -0.1) is 11.3 Å². The van der Waals surface area contributed by atoms with Gasteiger partial charge in [-0.2, -0.15) is 0 Å². The van der Waals surface area contributed by atoms with Crippen LogP contribution < -0.4 is 9.47 Å². The minimum atomic E-state index is 0.712. The van der Waals surface area contributed by atoms with Crippen LogP contribution >= 0.6 is 11.3 Å². The van der Waals surface area contributed by atoms with Crippen LogP contribution in [0.1, 0.15) is 15.6 Å². The molecule has 2 aromatic heterocycles. The molecule has 0 fully saturated rings. The molecule has 3 rings (SSSR count). The number of hydrogen-bond acceptors (Lipinski definition) is 5. The van der Waals surface area contributed by atoms with E-state index in [1.165, 1.54) is 4.88 Å². The number of hydrogen-bond donors (Lipinski definition) is 0. The summed E-state index contributed by atoms with van der Waals surface area (Å²) in [7, 11) is 3.28. The molecule has 0 bridgehead atoms. The van der Waals surface area contributed by atoms with Crippen LogP contribution in [0.15, 0.2) is 42.6 Å². The fourth-order valence-corrected chi connectivity index (χ4v) is 3.41. The van der Waals surface area contributed by atoms with E-state index in [4.69, 9.17) is 14.5 Å². The van der Waals surface area contributed by atoms with Crippen LogP contribution in [0.5, 0.6) is 11.5 Å². The maximum Gasteiger partial charge on any atom is 0.161 e. The number of thiazole rings is 1. The topological polar surface area (TPSA) is 44.2 Å². The van der Waals surface area contributed by atoms with Gasteiger partial charge in [-0.1, -0.05) is 6.07 Å². The lowest BCUT2D eigenvalue weighted by Gasteiger charge is -2.08. The lowest BCUT2D eigenvalue weighted by Crippen LogP contribution is -1.92. The Morgan fingerprint density at radius 2 is 1.87 bits per heavy atom. The monoisotopic (exact) mass is 326 g/mol. The number of methoxy groups -OCH3 is 2. The van der Waals surface area contributed by atoms with Crippen molar-refractivity contribution in [3.05, 3.63) is 58.2 Å². The first kappa shape index (κ1) is 15.5. The van der Waals surface area contributed by atoms with Crippen molar-refractivity contribution in [2.45, 2.75) is 13.3 Å². The minimum Gasteiger partial charge on any atom is -0.493 e. The van der Waals surface area contributed by atoms with Crippen molar-refractivity contribution in [3.8, 4) is 22.8 Å². The Hall–Kier alpha value is -2.40. The summed E-state index contributed by atoms with van der Waals surface area (Å²) >= 11 is 1.70. The highest BCUT2D eigenvalue weighted by atomic mass is 32.1. The van der Waals surface area contributed by atoms with Gasteiger partial charge in [0, 0.05) is 28.8 Å². The van der Waals surface area contributed by atoms with Gasteiger partial charge in [0.1, 0.15) is 0 Å². The summed E-state index contributed by atoms with van der Waals surface area (Å²) < 4.78 is 10.7. The second-order valence-corrected chi connectivity index (χ2v) is 6.37. The molecule has 0 radical (unpaired) electrons. The number of ether oxygens (including phenoxy) is 2. The van der Waals surface area contributed by atoms with Gasteiger partial charge in [0.2, 0.25) is 0 Å². The van der Waals surface area contributed by atoms with Gasteiger partial charge in [-0.05, 0) is 37.3 Å². The number of rotatable bonds is 5. The highest BCUT2D eigenvalue weighted by Gasteiger charge is 2.13. The Labute approximate surface area is 139 Å². The van der Waals surface area contributed by atoms with E-state index in [9.17, 15) is 0 Å². The van der Waals surface area contributed by atoms with Gasteiger partial charge in [-0.3, -0.25) is 4.98 Å². The van der Waals surface area contributed by atoms with Crippen LogP contribution in [0, 0.1) is 6.92 Å². The zero-order chi connectivity index (χ0) is 16.2. The summed E-state index contributed by atoms with van der Waals surface area (Å²) in [6.45, 7) is 2.09. The van der Waals surface area contributed by atoms with Crippen LogP contribution in [0.25, 0.3) is 11.3 Å². The second kappa shape index (κ2) is 6.79. The molecule has 1 aromatic carbocycles. The van der Waals surface area contributed by atoms with Crippen LogP contribution in [0.4, 0.5) is 0 Å². The van der Waals surface area contributed by atoms with E-state index in [1.54, 1.807) is 25.6 Å². The molecular formula is C18H18N2O2S. The van der Waals surface area contributed by atoms with Crippen LogP contribution in [-0.2, 0) is 6.42 Å². The van der Waals surface area contributed by atoms with Crippen molar-refractivity contribution in [2.75, 3.05) is 14.2 Å². The molecule has 3 aromatic rings. The van der Waals surface area contributed by atoms with Crippen molar-refractivity contribution in [3.63, 3.8) is 0 Å². The Morgan fingerprint density at radius 3 is 2.57 bits per heavy atom. The van der Waals surface area contributed by atoms with E-state index in [0.29, 0.717) is 5.75 Å². The first-order valence-electron chi connectivity index (χ1n) is 7.30. The Bertz CT molecular complexity index is 800. The average molecular weight is 326 g/mol. The second-order valence-electron chi connectivity index (χ2n) is 5.08. The molecule has 0 aliphatic heterocycles. The molecule has 0 aliphatic carbocycles. The minimum absolute atomic E-state index is 0.712. The molecule has 0 N–H and O–H groups in total. The SMILES string of the molecule is COc1ccc(-c2nc(Cc3ccccn3)sc2C)cc1OC. The molecule has 23 heavy (non-hydrogen) atoms. The van der Waals surface area contributed by atoms with Crippen LogP contribution in [0.2, 0.25) is 0 Å². The standard InChI is InChI=1S/C18H18N2O2S/c1-12-18(13-7-8-15(21-2)16(10-13)22-3)20-17(23-12)11-14-6-4-5-9-19-14/h4-10H,11H2,1-3H3. The molecule has 0 saturated carbocycles. The molecule has 0 amide bonds. The molecule has 4 nitrogen and oxygen atoms in total. The maximum atomic E-state index is 5.38. The molecule has 118 valence electrons. The third kappa shape index (κ3) is 3.35. The summed E-state index contributed by atoms with van der Waals surface area (Å²) in [4.78, 5) is 10.3. The van der Waals surface area contributed by atoms with E-state index >= 15 is 0 Å². The van der Waals surface area contributed by atoms with Gasteiger partial charge < -0.3 is 9.47 Å². The molecule has 0 spiro atoms. The number of aryl methyl sites for hydroxylation is 1. The third-order valence-corrected chi connectivity index (χ3v) is 4.53. The molecule has 0 aliphatic rings. The van der Waals surface area contributed by atoms with E-state index < -0.39 is 0 Å². The summed E-state index contributed by atoms with van der Waals surface area (Å²) in [5, 5.41) is 1.06. The molecule has 0 saturated heterocycles. The predicted octanol–water partition coefficient (Wildman–Crippen LogP) is 4.12. The van der Waals surface area contributed by atoms with E-state index in [1.807, 2.05) is 42.6 Å². The maximum absolute atomic E-state index is 5.38. The summed E-state index contributed by atoms with van der Waals surface area (Å²) in [6.07, 6.45) is 2.56. The molecule has 2 heterocycles. The fraction of sp³-hybridized carbons (Fsp3) is 0.222. The summed E-state index contributed by atoms with van der Waals surface area (Å²) in [5.41, 5.74) is 3.05. The number of benzene rings is 1. The average Bonchev–Trinajstić information content (AvgIpc) is 2.95. The van der Waals surface area contributed by atoms with Crippen molar-refractivity contribution < 1.29 is 9.47 Å². The summed E-state index contributed by atoms with van der Waals surface area (Å²) in [6, 6.07) is 11.8. The molecule has 5 heteroatoms. The molecule has 0 unspecified atom stereocenters. The Morgan fingerprint density at radius 1 is 1.04 bits per heavy atom. The van der Waals surface area contributed by atoms with Crippen LogP contribution in [-0.4, -0.2) is 24.2 Å². The van der Waals surface area contributed by atoms with Crippen LogP contribution in [0.3, 0.4) is 0 Å². The van der Waals surface area contributed by atoms with Crippen molar-refractivity contribution in [2.24, 2.45) is 0 Å². The predicted molar refractivity (Wildman–Crippen MR) is 92.4 cm³/mol. The number of nitrogens with zero attached hydrogens (tertiary/aromatic N) is 2. The fourth-order valence-electron chi connectivity index (χ4n) is 2.44. The third-order valence-electron chi connectivity index (χ3n) is 3.56. The normalized spacial score (nSPS) is 10.6. The van der Waals surface area contributed by atoms with Crippen molar-refractivity contribution in [1.82, 2.24) is 9.97 Å². The zero-order valence-electron chi connectivity index (χ0n) is 13.4. The van der Waals surface area contributed by atoms with Crippen molar-refractivity contribution >= 4 is 11.3 Å². The van der Waals surface area contributed by atoms with Gasteiger partial charge in [0.05, 0.1) is 24.9 Å².